The number of rotatable bonds is 3. The third-order valence-electron chi connectivity index (χ3n) is 3.28. The molecule has 0 bridgehead atoms. The van der Waals surface area contributed by atoms with Gasteiger partial charge in [0, 0.05) is 13.6 Å². The molecule has 1 saturated heterocycles. The third-order valence-corrected chi connectivity index (χ3v) is 3.28. The molecule has 2 rings (SSSR count). The SMILES string of the molecule is CN(CC1(O)CCNC1)C(=O)c1c(F)cccc1F. The van der Waals surface area contributed by atoms with E-state index in [9.17, 15) is 18.7 Å². The fourth-order valence-electron chi connectivity index (χ4n) is 2.27. The van der Waals surface area contributed by atoms with Crippen molar-refractivity contribution < 1.29 is 18.7 Å². The Labute approximate surface area is 110 Å². The summed E-state index contributed by atoms with van der Waals surface area (Å²) >= 11 is 0. The minimum absolute atomic E-state index is 0.0343. The Kier molecular flexibility index (Phi) is 3.82. The maximum atomic E-state index is 13.5. The molecule has 1 amide bonds. The minimum atomic E-state index is -1.04. The van der Waals surface area contributed by atoms with Crippen molar-refractivity contribution in [2.75, 3.05) is 26.7 Å². The molecule has 1 atom stereocenters. The van der Waals surface area contributed by atoms with Crippen LogP contribution in [0.25, 0.3) is 0 Å². The van der Waals surface area contributed by atoms with Crippen LogP contribution in [0.5, 0.6) is 0 Å². The monoisotopic (exact) mass is 270 g/mol. The summed E-state index contributed by atoms with van der Waals surface area (Å²) in [6.07, 6.45) is 0.504. The van der Waals surface area contributed by atoms with Crippen LogP contribution in [-0.2, 0) is 0 Å². The van der Waals surface area contributed by atoms with Crippen molar-refractivity contribution in [3.8, 4) is 0 Å². The highest BCUT2D eigenvalue weighted by Gasteiger charge is 2.34. The zero-order valence-electron chi connectivity index (χ0n) is 10.6. The lowest BCUT2D eigenvalue weighted by atomic mass is 10.0. The van der Waals surface area contributed by atoms with Gasteiger partial charge in [-0.2, -0.15) is 0 Å². The Balaban J connectivity index is 2.15. The first-order chi connectivity index (χ1) is 8.93. The van der Waals surface area contributed by atoms with Crippen LogP contribution in [0, 0.1) is 11.6 Å². The second kappa shape index (κ2) is 5.22. The fourth-order valence-corrected chi connectivity index (χ4v) is 2.27. The highest BCUT2D eigenvalue weighted by Crippen LogP contribution is 2.19. The average molecular weight is 270 g/mol. The molecule has 0 saturated carbocycles. The van der Waals surface area contributed by atoms with E-state index in [2.05, 4.69) is 5.32 Å². The van der Waals surface area contributed by atoms with E-state index in [1.807, 2.05) is 0 Å². The molecule has 0 aromatic heterocycles. The Morgan fingerprint density at radius 3 is 2.63 bits per heavy atom. The van der Waals surface area contributed by atoms with Crippen LogP contribution >= 0.6 is 0 Å². The number of β-amino-alcohol motifs (C(OH)–C–C–N with tert-alkyl or cyclic N) is 1. The molecule has 1 unspecified atom stereocenters. The van der Waals surface area contributed by atoms with E-state index < -0.39 is 28.7 Å². The lowest BCUT2D eigenvalue weighted by molar-refractivity contribution is 0.0248. The van der Waals surface area contributed by atoms with Gasteiger partial charge in [0.2, 0.25) is 0 Å². The standard InChI is InChI=1S/C13H16F2N2O2/c1-17(8-13(19)5-6-16-7-13)12(18)11-9(14)3-2-4-10(11)15/h2-4,16,19H,5-8H2,1H3. The summed E-state index contributed by atoms with van der Waals surface area (Å²) in [7, 11) is 1.42. The van der Waals surface area contributed by atoms with Crippen LogP contribution in [0.2, 0.25) is 0 Å². The molecule has 1 aliphatic heterocycles. The molecule has 6 heteroatoms. The zero-order chi connectivity index (χ0) is 14.0. The van der Waals surface area contributed by atoms with Gasteiger partial charge >= 0.3 is 0 Å². The topological polar surface area (TPSA) is 52.6 Å². The molecule has 1 aromatic rings. The normalized spacial score (nSPS) is 22.5. The van der Waals surface area contributed by atoms with E-state index in [1.54, 1.807) is 0 Å². The van der Waals surface area contributed by atoms with Crippen molar-refractivity contribution in [3.63, 3.8) is 0 Å². The molecule has 0 spiro atoms. The Morgan fingerprint density at radius 2 is 2.11 bits per heavy atom. The molecule has 1 aromatic carbocycles. The molecule has 19 heavy (non-hydrogen) atoms. The lowest BCUT2D eigenvalue weighted by Crippen LogP contribution is -2.45. The average Bonchev–Trinajstić information content (AvgIpc) is 2.75. The van der Waals surface area contributed by atoms with Gasteiger partial charge in [0.05, 0.1) is 12.1 Å². The third kappa shape index (κ3) is 2.90. The van der Waals surface area contributed by atoms with E-state index in [0.29, 0.717) is 19.5 Å². The summed E-state index contributed by atoms with van der Waals surface area (Å²) < 4.78 is 27.0. The number of carbonyl (C=O) groups is 1. The predicted octanol–water partition coefficient (Wildman–Crippen LogP) is 0.761. The quantitative estimate of drug-likeness (QED) is 0.852. The Hall–Kier alpha value is -1.53. The number of hydrogen-bond donors (Lipinski definition) is 2. The van der Waals surface area contributed by atoms with Crippen molar-refractivity contribution in [2.45, 2.75) is 12.0 Å². The van der Waals surface area contributed by atoms with Crippen LogP contribution in [0.4, 0.5) is 8.78 Å². The van der Waals surface area contributed by atoms with Crippen molar-refractivity contribution in [1.82, 2.24) is 10.2 Å². The van der Waals surface area contributed by atoms with Gasteiger partial charge in [0.15, 0.2) is 0 Å². The van der Waals surface area contributed by atoms with Gasteiger partial charge in [0.1, 0.15) is 17.2 Å². The number of carbonyl (C=O) groups excluding carboxylic acids is 1. The zero-order valence-corrected chi connectivity index (χ0v) is 10.6. The van der Waals surface area contributed by atoms with Gasteiger partial charge < -0.3 is 15.3 Å². The number of likely N-dealkylation sites (N-methyl/N-ethyl adjacent to an activating group) is 1. The van der Waals surface area contributed by atoms with E-state index >= 15 is 0 Å². The van der Waals surface area contributed by atoms with Crippen molar-refractivity contribution in [1.29, 1.82) is 0 Å². The molecular formula is C13H16F2N2O2. The highest BCUT2D eigenvalue weighted by atomic mass is 19.1. The first-order valence-electron chi connectivity index (χ1n) is 6.05. The predicted molar refractivity (Wildman–Crippen MR) is 65.8 cm³/mol. The number of benzene rings is 1. The largest absolute Gasteiger partial charge is 0.387 e. The summed E-state index contributed by atoms with van der Waals surface area (Å²) in [6.45, 7) is 1.06. The smallest absolute Gasteiger partial charge is 0.259 e. The van der Waals surface area contributed by atoms with Crippen LogP contribution < -0.4 is 5.32 Å². The molecule has 0 radical (unpaired) electrons. The maximum absolute atomic E-state index is 13.5. The summed E-state index contributed by atoms with van der Waals surface area (Å²) in [4.78, 5) is 13.2. The molecule has 1 fully saturated rings. The molecule has 2 N–H and O–H groups in total. The Bertz CT molecular complexity index is 467. The minimum Gasteiger partial charge on any atom is -0.387 e. The van der Waals surface area contributed by atoms with Crippen LogP contribution in [0.3, 0.4) is 0 Å². The number of halogens is 2. The molecule has 4 nitrogen and oxygen atoms in total. The van der Waals surface area contributed by atoms with E-state index in [-0.39, 0.29) is 6.54 Å². The Morgan fingerprint density at radius 1 is 1.47 bits per heavy atom. The molecular weight excluding hydrogens is 254 g/mol. The van der Waals surface area contributed by atoms with Crippen molar-refractivity contribution >= 4 is 5.91 Å². The number of aliphatic hydroxyl groups is 1. The second-order valence-electron chi connectivity index (χ2n) is 4.91. The van der Waals surface area contributed by atoms with Gasteiger partial charge in [-0.1, -0.05) is 6.07 Å². The summed E-state index contributed by atoms with van der Waals surface area (Å²) in [5, 5.41) is 13.1. The van der Waals surface area contributed by atoms with Crippen LogP contribution in [-0.4, -0.2) is 48.2 Å². The maximum Gasteiger partial charge on any atom is 0.259 e. The highest BCUT2D eigenvalue weighted by molar-refractivity contribution is 5.94. The summed E-state index contributed by atoms with van der Waals surface area (Å²) in [6, 6.07) is 3.28. The van der Waals surface area contributed by atoms with Crippen molar-refractivity contribution in [2.24, 2.45) is 0 Å². The molecule has 104 valence electrons. The van der Waals surface area contributed by atoms with Crippen LogP contribution in [0.1, 0.15) is 16.8 Å². The number of hydrogen-bond acceptors (Lipinski definition) is 3. The summed E-state index contributed by atoms with van der Waals surface area (Å²) in [5.74, 6) is -2.56. The van der Waals surface area contributed by atoms with Crippen LogP contribution in [0.15, 0.2) is 18.2 Å². The fraction of sp³-hybridized carbons (Fsp3) is 0.462. The number of amides is 1. The molecule has 0 aliphatic carbocycles. The van der Waals surface area contributed by atoms with Crippen molar-refractivity contribution in [3.05, 3.63) is 35.4 Å². The first-order valence-corrected chi connectivity index (χ1v) is 6.05. The van der Waals surface area contributed by atoms with E-state index in [1.165, 1.54) is 13.1 Å². The van der Waals surface area contributed by atoms with Gasteiger partial charge in [0.25, 0.3) is 5.91 Å². The summed E-state index contributed by atoms with van der Waals surface area (Å²) in [5.41, 5.74) is -1.62. The van der Waals surface area contributed by atoms with E-state index in [4.69, 9.17) is 0 Å². The second-order valence-corrected chi connectivity index (χ2v) is 4.91. The number of nitrogens with zero attached hydrogens (tertiary/aromatic N) is 1. The lowest BCUT2D eigenvalue weighted by Gasteiger charge is -2.28. The molecule has 1 aliphatic rings. The van der Waals surface area contributed by atoms with Gasteiger partial charge in [-0.05, 0) is 25.1 Å². The van der Waals surface area contributed by atoms with Gasteiger partial charge in [-0.3, -0.25) is 4.79 Å². The number of nitrogens with one attached hydrogen (secondary N) is 1. The van der Waals surface area contributed by atoms with Gasteiger partial charge in [-0.25, -0.2) is 8.78 Å². The molecule has 1 heterocycles. The van der Waals surface area contributed by atoms with Gasteiger partial charge in [-0.15, -0.1) is 0 Å². The van der Waals surface area contributed by atoms with E-state index in [0.717, 1.165) is 17.0 Å². The first kappa shape index (κ1) is 13.9.